The van der Waals surface area contributed by atoms with Gasteiger partial charge in [0.1, 0.15) is 5.75 Å². The number of hydrogen-bond donors (Lipinski definition) is 3. The van der Waals surface area contributed by atoms with Crippen LogP contribution in [-0.4, -0.2) is 23.8 Å². The molecule has 3 N–H and O–H groups in total. The number of rotatable bonds is 5. The zero-order valence-electron chi connectivity index (χ0n) is 12.3. The van der Waals surface area contributed by atoms with Crippen molar-refractivity contribution in [2.45, 2.75) is 6.92 Å². The predicted octanol–water partition coefficient (Wildman–Crippen LogP) is 3.47. The molecule has 0 aromatic heterocycles. The molecule has 0 aliphatic rings. The summed E-state index contributed by atoms with van der Waals surface area (Å²) in [4.78, 5) is 11.8. The van der Waals surface area contributed by atoms with Gasteiger partial charge in [-0.3, -0.25) is 4.79 Å². The van der Waals surface area contributed by atoms with Crippen LogP contribution in [0.2, 0.25) is 0 Å². The number of aromatic hydroxyl groups is 1. The minimum absolute atomic E-state index is 0.146. The summed E-state index contributed by atoms with van der Waals surface area (Å²) in [5.41, 5.74) is 5.29. The fourth-order valence-corrected chi connectivity index (χ4v) is 3.64. The van der Waals surface area contributed by atoms with Crippen LogP contribution in [0.5, 0.6) is 5.75 Å². The first kappa shape index (κ1) is 18.0. The van der Waals surface area contributed by atoms with Gasteiger partial charge in [-0.15, -0.1) is 0 Å². The maximum atomic E-state index is 11.8. The Balaban J connectivity index is 1.88. The molecule has 23 heavy (non-hydrogen) atoms. The van der Waals surface area contributed by atoms with Crippen molar-refractivity contribution in [3.05, 3.63) is 54.7 Å². The number of nitrogens with one attached hydrogen (secondary N) is 2. The number of amides is 1. The molecule has 0 fully saturated rings. The molecule has 5 nitrogen and oxygen atoms in total. The first-order valence-electron chi connectivity index (χ1n) is 6.77. The number of hydrogen-bond acceptors (Lipinski definition) is 4. The minimum Gasteiger partial charge on any atom is -0.506 e. The Labute approximate surface area is 161 Å². The van der Waals surface area contributed by atoms with Crippen LogP contribution in [0.25, 0.3) is 0 Å². The lowest BCUT2D eigenvalue weighted by atomic mass is 10.2. The molecule has 0 saturated heterocycles. The molecular weight excluding hydrogens is 520 g/mol. The van der Waals surface area contributed by atoms with E-state index in [1.54, 1.807) is 18.3 Å². The molecule has 7 heteroatoms. The Morgan fingerprint density at radius 1 is 1.26 bits per heavy atom. The Bertz CT molecular complexity index is 725. The standard InChI is InChI=1S/C16H15I2N3O2/c1-10-4-2-3-5-14(10)19-9-15(22)21-20-8-11-6-12(17)16(23)13(18)7-11/h2-8,19,23H,9H2,1H3,(H,21,22)/b20-8-. The molecule has 0 bridgehead atoms. The summed E-state index contributed by atoms with van der Waals surface area (Å²) < 4.78 is 1.48. The van der Waals surface area contributed by atoms with E-state index >= 15 is 0 Å². The van der Waals surface area contributed by atoms with E-state index in [0.717, 1.165) is 24.0 Å². The third-order valence-corrected chi connectivity index (χ3v) is 4.67. The molecule has 2 rings (SSSR count). The van der Waals surface area contributed by atoms with Crippen LogP contribution in [0.15, 0.2) is 41.5 Å². The third kappa shape index (κ3) is 5.34. The van der Waals surface area contributed by atoms with Gasteiger partial charge in [-0.05, 0) is 81.4 Å². The fraction of sp³-hybridized carbons (Fsp3) is 0.125. The minimum atomic E-state index is -0.229. The Hall–Kier alpha value is -1.36. The molecule has 0 saturated carbocycles. The molecule has 2 aromatic carbocycles. The van der Waals surface area contributed by atoms with E-state index in [0.29, 0.717) is 0 Å². The fourth-order valence-electron chi connectivity index (χ4n) is 1.82. The summed E-state index contributed by atoms with van der Waals surface area (Å²) in [5.74, 6) is 0.0301. The zero-order chi connectivity index (χ0) is 16.8. The SMILES string of the molecule is Cc1ccccc1NCC(=O)N/N=C\c1cc(I)c(O)c(I)c1. The van der Waals surface area contributed by atoms with E-state index in [1.165, 1.54) is 0 Å². The first-order chi connectivity index (χ1) is 11.0. The maximum absolute atomic E-state index is 11.8. The van der Waals surface area contributed by atoms with E-state index in [9.17, 15) is 9.90 Å². The number of aryl methyl sites for hydroxylation is 1. The highest BCUT2D eigenvalue weighted by molar-refractivity contribution is 14.1. The molecule has 0 aliphatic carbocycles. The Morgan fingerprint density at radius 3 is 2.57 bits per heavy atom. The van der Waals surface area contributed by atoms with E-state index in [-0.39, 0.29) is 18.2 Å². The molecule has 0 radical (unpaired) electrons. The number of halogens is 2. The lowest BCUT2D eigenvalue weighted by Gasteiger charge is -2.07. The summed E-state index contributed by atoms with van der Waals surface area (Å²) in [6, 6.07) is 11.3. The monoisotopic (exact) mass is 535 g/mol. The van der Waals surface area contributed by atoms with Crippen LogP contribution in [0.1, 0.15) is 11.1 Å². The van der Waals surface area contributed by atoms with E-state index in [2.05, 4.69) is 15.8 Å². The van der Waals surface area contributed by atoms with Crippen LogP contribution < -0.4 is 10.7 Å². The van der Waals surface area contributed by atoms with Crippen molar-refractivity contribution in [1.29, 1.82) is 0 Å². The number of carbonyl (C=O) groups excluding carboxylic acids is 1. The van der Waals surface area contributed by atoms with Gasteiger partial charge in [-0.1, -0.05) is 18.2 Å². The van der Waals surface area contributed by atoms with Gasteiger partial charge in [-0.25, -0.2) is 5.43 Å². The van der Waals surface area contributed by atoms with Gasteiger partial charge in [0.15, 0.2) is 0 Å². The number of carbonyl (C=O) groups is 1. The number of benzene rings is 2. The van der Waals surface area contributed by atoms with Gasteiger partial charge >= 0.3 is 0 Å². The van der Waals surface area contributed by atoms with Crippen LogP contribution >= 0.6 is 45.2 Å². The number of hydrazone groups is 1. The molecule has 0 atom stereocenters. The number of anilines is 1. The van der Waals surface area contributed by atoms with Crippen molar-refractivity contribution >= 4 is 63.0 Å². The van der Waals surface area contributed by atoms with Crippen molar-refractivity contribution in [1.82, 2.24) is 5.43 Å². The topological polar surface area (TPSA) is 73.7 Å². The summed E-state index contributed by atoms with van der Waals surface area (Å²) in [6.45, 7) is 2.12. The average Bonchev–Trinajstić information content (AvgIpc) is 2.52. The predicted molar refractivity (Wildman–Crippen MR) is 109 cm³/mol. The van der Waals surface area contributed by atoms with Crippen LogP contribution in [0, 0.1) is 14.1 Å². The second-order valence-electron chi connectivity index (χ2n) is 4.79. The molecule has 0 spiro atoms. The second kappa shape index (κ2) is 8.48. The first-order valence-corrected chi connectivity index (χ1v) is 8.92. The molecule has 120 valence electrons. The summed E-state index contributed by atoms with van der Waals surface area (Å²) in [6.07, 6.45) is 1.55. The van der Waals surface area contributed by atoms with E-state index in [1.807, 2.05) is 76.4 Å². The van der Waals surface area contributed by atoms with Crippen molar-refractivity contribution in [3.63, 3.8) is 0 Å². The smallest absolute Gasteiger partial charge is 0.259 e. The van der Waals surface area contributed by atoms with Crippen LogP contribution in [0.4, 0.5) is 5.69 Å². The summed E-state index contributed by atoms with van der Waals surface area (Å²) in [5, 5.41) is 16.7. The molecule has 1 amide bonds. The number of phenolic OH excluding ortho intramolecular Hbond substituents is 1. The van der Waals surface area contributed by atoms with Gasteiger partial charge in [-0.2, -0.15) is 5.10 Å². The molecule has 0 heterocycles. The van der Waals surface area contributed by atoms with Gasteiger partial charge in [0.25, 0.3) is 5.91 Å². The van der Waals surface area contributed by atoms with Gasteiger partial charge in [0.05, 0.1) is 19.9 Å². The van der Waals surface area contributed by atoms with E-state index < -0.39 is 0 Å². The maximum Gasteiger partial charge on any atom is 0.259 e. The number of nitrogens with zero attached hydrogens (tertiary/aromatic N) is 1. The Morgan fingerprint density at radius 2 is 1.91 bits per heavy atom. The van der Waals surface area contributed by atoms with Crippen molar-refractivity contribution in [3.8, 4) is 5.75 Å². The van der Waals surface area contributed by atoms with Crippen LogP contribution in [0.3, 0.4) is 0 Å². The van der Waals surface area contributed by atoms with Crippen molar-refractivity contribution in [2.24, 2.45) is 5.10 Å². The normalized spacial score (nSPS) is 10.7. The summed E-state index contributed by atoms with van der Waals surface area (Å²) >= 11 is 4.10. The molecular formula is C16H15I2N3O2. The van der Waals surface area contributed by atoms with Gasteiger partial charge in [0, 0.05) is 5.69 Å². The number of para-hydroxylation sites is 1. The lowest BCUT2D eigenvalue weighted by Crippen LogP contribution is -2.26. The second-order valence-corrected chi connectivity index (χ2v) is 7.12. The largest absolute Gasteiger partial charge is 0.506 e. The highest BCUT2D eigenvalue weighted by atomic mass is 127. The molecule has 2 aromatic rings. The lowest BCUT2D eigenvalue weighted by molar-refractivity contribution is -0.119. The molecule has 0 unspecified atom stereocenters. The Kier molecular flexibility index (Phi) is 6.63. The average molecular weight is 535 g/mol. The number of phenols is 1. The third-order valence-electron chi connectivity index (χ3n) is 3.03. The van der Waals surface area contributed by atoms with Crippen molar-refractivity contribution < 1.29 is 9.90 Å². The van der Waals surface area contributed by atoms with Crippen LogP contribution in [-0.2, 0) is 4.79 Å². The van der Waals surface area contributed by atoms with E-state index in [4.69, 9.17) is 0 Å². The molecule has 0 aliphatic heterocycles. The highest BCUT2D eigenvalue weighted by Gasteiger charge is 2.05. The van der Waals surface area contributed by atoms with Gasteiger partial charge < -0.3 is 10.4 Å². The zero-order valence-corrected chi connectivity index (χ0v) is 16.6. The quantitative estimate of drug-likeness (QED) is 0.312. The summed E-state index contributed by atoms with van der Waals surface area (Å²) in [7, 11) is 0. The van der Waals surface area contributed by atoms with Crippen molar-refractivity contribution in [2.75, 3.05) is 11.9 Å². The van der Waals surface area contributed by atoms with Gasteiger partial charge in [0.2, 0.25) is 0 Å². The highest BCUT2D eigenvalue weighted by Crippen LogP contribution is 2.26.